The highest BCUT2D eigenvalue weighted by Gasteiger charge is 2.45. The number of halogens is 3. The highest BCUT2D eigenvalue weighted by atomic mass is 32.2. The van der Waals surface area contributed by atoms with E-state index in [9.17, 15) is 32.3 Å². The van der Waals surface area contributed by atoms with E-state index in [-0.39, 0.29) is 22.9 Å². The summed E-state index contributed by atoms with van der Waals surface area (Å²) in [6, 6.07) is 6.98. The number of aromatic nitrogens is 2. The van der Waals surface area contributed by atoms with Crippen LogP contribution in [0.3, 0.4) is 0 Å². The van der Waals surface area contributed by atoms with Gasteiger partial charge in [0.25, 0.3) is 5.03 Å². The third-order valence-corrected chi connectivity index (χ3v) is 6.35. The first kappa shape index (κ1) is 30.9. The predicted molar refractivity (Wildman–Crippen MR) is 136 cm³/mol. The number of hydrogen-bond acceptors (Lipinski definition) is 9. The van der Waals surface area contributed by atoms with Gasteiger partial charge in [-0.1, -0.05) is 11.8 Å². The van der Waals surface area contributed by atoms with Crippen molar-refractivity contribution in [2.45, 2.75) is 37.0 Å². The zero-order valence-electron chi connectivity index (χ0n) is 21.8. The maximum absolute atomic E-state index is 12.7. The number of oxazole rings is 1. The Hall–Kier alpha value is -4.60. The predicted octanol–water partition coefficient (Wildman–Crippen LogP) is 2.87. The van der Waals surface area contributed by atoms with Crippen LogP contribution < -0.4 is 24.9 Å². The minimum absolute atomic E-state index is 0.00445. The van der Waals surface area contributed by atoms with Crippen molar-refractivity contribution < 1.29 is 56.2 Å². The van der Waals surface area contributed by atoms with E-state index >= 15 is 0 Å². The normalized spacial score (nSPS) is 11.5. The maximum Gasteiger partial charge on any atom is 0.498 e. The number of amides is 2. The molecule has 0 radical (unpaired) electrons. The summed E-state index contributed by atoms with van der Waals surface area (Å²) in [6.45, 7) is 3.25. The van der Waals surface area contributed by atoms with Gasteiger partial charge in [-0.25, -0.2) is 14.6 Å². The Morgan fingerprint density at radius 1 is 1.12 bits per heavy atom. The summed E-state index contributed by atoms with van der Waals surface area (Å²) in [4.78, 5) is 55.7. The molecule has 1 aromatic carbocycles. The van der Waals surface area contributed by atoms with Crippen molar-refractivity contribution in [3.63, 3.8) is 0 Å². The molecule has 0 bridgehead atoms. The first-order chi connectivity index (χ1) is 19.2. The molecule has 2 amide bonds. The molecular formula is C25H24F3N4O8S+. The van der Waals surface area contributed by atoms with Gasteiger partial charge >= 0.3 is 29.9 Å². The van der Waals surface area contributed by atoms with E-state index in [4.69, 9.17) is 14.3 Å². The molecule has 2 aromatic heterocycles. The highest BCUT2D eigenvalue weighted by molar-refractivity contribution is 7.99. The first-order valence-electron chi connectivity index (χ1n) is 11.6. The molecule has 41 heavy (non-hydrogen) atoms. The number of alkyl halides is 3. The number of carboxylic acid groups (broad SMARTS) is 1. The van der Waals surface area contributed by atoms with Gasteiger partial charge in [-0.15, -0.1) is 0 Å². The Balaban J connectivity index is 1.60. The number of carboxylic acids is 1. The standard InChI is InChI=1S/C25H23F3N4O8S/c1-24(2,8-9-41-19-7-4-14(22(35)36)12-32(19)40-23(37)25(26,27)28)31-21(34)20(33)30-15-5-6-16(17(10-15)38-3)18-11-29-13-39-18/h4-7,10-13H,8-9H2,1-3H3,(H2-,30,31,33,34,35,36)/p+1. The number of anilines is 1. The zero-order valence-corrected chi connectivity index (χ0v) is 22.6. The monoisotopic (exact) mass is 597 g/mol. The summed E-state index contributed by atoms with van der Waals surface area (Å²) < 4.78 is 49.0. The number of thioether (sulfide) groups is 1. The van der Waals surface area contributed by atoms with Gasteiger partial charge in [-0.3, -0.25) is 9.59 Å². The number of methoxy groups -OCH3 is 1. The van der Waals surface area contributed by atoms with E-state index in [0.717, 1.165) is 24.0 Å². The Morgan fingerprint density at radius 2 is 1.85 bits per heavy atom. The van der Waals surface area contributed by atoms with Crippen LogP contribution in [0, 0.1) is 0 Å². The van der Waals surface area contributed by atoms with Crippen LogP contribution >= 0.6 is 11.8 Å². The lowest BCUT2D eigenvalue weighted by molar-refractivity contribution is -0.899. The second kappa shape index (κ2) is 12.7. The van der Waals surface area contributed by atoms with Crippen LogP contribution in [0.4, 0.5) is 18.9 Å². The lowest BCUT2D eigenvalue weighted by Crippen LogP contribution is -2.52. The van der Waals surface area contributed by atoms with Crippen LogP contribution in [0.25, 0.3) is 11.3 Å². The van der Waals surface area contributed by atoms with Crippen molar-refractivity contribution in [2.75, 3.05) is 18.2 Å². The molecule has 0 aliphatic heterocycles. The average Bonchev–Trinajstić information content (AvgIpc) is 3.43. The number of nitrogens with one attached hydrogen (secondary N) is 2. The molecule has 3 N–H and O–H groups in total. The van der Waals surface area contributed by atoms with Crippen molar-refractivity contribution in [3.05, 3.63) is 54.7 Å². The molecule has 0 saturated heterocycles. The summed E-state index contributed by atoms with van der Waals surface area (Å²) in [5.74, 6) is -4.89. The van der Waals surface area contributed by atoms with Crippen LogP contribution in [-0.2, 0) is 14.4 Å². The molecule has 0 spiro atoms. The topological polar surface area (TPSA) is 161 Å². The second-order valence-corrected chi connectivity index (χ2v) is 10.1. The van der Waals surface area contributed by atoms with Crippen molar-refractivity contribution in [3.8, 4) is 17.1 Å². The van der Waals surface area contributed by atoms with Gasteiger partial charge in [0.1, 0.15) is 11.3 Å². The quantitative estimate of drug-likeness (QED) is 0.180. The van der Waals surface area contributed by atoms with Gasteiger partial charge in [-0.05, 0) is 38.5 Å². The summed E-state index contributed by atoms with van der Waals surface area (Å²) in [7, 11) is 1.43. The SMILES string of the molecule is COc1cc(NC(=O)C(=O)NC(C)(C)CCSc2ccc(C(=O)O)c[n+]2OC(=O)C(F)(F)F)ccc1-c1cnco1. The third-order valence-electron chi connectivity index (χ3n) is 5.33. The molecule has 0 unspecified atom stereocenters. The molecule has 0 atom stereocenters. The summed E-state index contributed by atoms with van der Waals surface area (Å²) in [5, 5.41) is 14.2. The van der Waals surface area contributed by atoms with Crippen LogP contribution in [0.5, 0.6) is 5.75 Å². The maximum atomic E-state index is 12.7. The lowest BCUT2D eigenvalue weighted by Gasteiger charge is -2.25. The Labute approximate surface area is 234 Å². The van der Waals surface area contributed by atoms with Gasteiger partial charge in [-0.2, -0.15) is 18.0 Å². The molecule has 16 heteroatoms. The number of benzene rings is 1. The summed E-state index contributed by atoms with van der Waals surface area (Å²) in [5.41, 5.74) is -0.503. The smallest absolute Gasteiger partial charge is 0.496 e. The molecule has 0 aliphatic carbocycles. The van der Waals surface area contributed by atoms with Crippen LogP contribution in [-0.4, -0.2) is 58.4 Å². The van der Waals surface area contributed by atoms with Crippen LogP contribution in [0.2, 0.25) is 0 Å². The van der Waals surface area contributed by atoms with Gasteiger partial charge < -0.3 is 24.9 Å². The number of carbonyl (C=O) groups is 4. The van der Waals surface area contributed by atoms with Crippen molar-refractivity contribution in [1.82, 2.24) is 10.3 Å². The number of hydrogen-bond donors (Lipinski definition) is 3. The lowest BCUT2D eigenvalue weighted by atomic mass is 10.0. The number of carbonyl (C=O) groups excluding carboxylic acids is 3. The number of rotatable bonds is 10. The first-order valence-corrected chi connectivity index (χ1v) is 12.6. The van der Waals surface area contributed by atoms with Gasteiger partial charge in [0.15, 0.2) is 12.2 Å². The van der Waals surface area contributed by atoms with Gasteiger partial charge in [0, 0.05) is 33.8 Å². The van der Waals surface area contributed by atoms with Crippen LogP contribution in [0.15, 0.2) is 58.6 Å². The number of aromatic carboxylic acids is 1. The number of nitrogens with zero attached hydrogens (tertiary/aromatic N) is 2. The van der Waals surface area contributed by atoms with Crippen LogP contribution in [0.1, 0.15) is 30.6 Å². The molecule has 2 heterocycles. The second-order valence-electron chi connectivity index (χ2n) is 8.93. The van der Waals surface area contributed by atoms with Crippen molar-refractivity contribution in [1.29, 1.82) is 0 Å². The fraction of sp³-hybridized carbons (Fsp3) is 0.280. The summed E-state index contributed by atoms with van der Waals surface area (Å²) >= 11 is 0.937. The fourth-order valence-corrected chi connectivity index (χ4v) is 4.47. The molecule has 218 valence electrons. The van der Waals surface area contributed by atoms with E-state index in [1.165, 1.54) is 31.8 Å². The minimum Gasteiger partial charge on any atom is -0.496 e. The van der Waals surface area contributed by atoms with Crippen molar-refractivity contribution in [2.24, 2.45) is 0 Å². The molecule has 3 rings (SSSR count). The average molecular weight is 598 g/mol. The van der Waals surface area contributed by atoms with Gasteiger partial charge in [0.2, 0.25) is 6.20 Å². The Morgan fingerprint density at radius 3 is 2.46 bits per heavy atom. The molecular weight excluding hydrogens is 573 g/mol. The Kier molecular flexibility index (Phi) is 9.59. The van der Waals surface area contributed by atoms with E-state index < -0.39 is 41.0 Å². The highest BCUT2D eigenvalue weighted by Crippen LogP contribution is 2.32. The number of pyridine rings is 1. The summed E-state index contributed by atoms with van der Waals surface area (Å²) in [6.07, 6.45) is -1.61. The molecule has 12 nitrogen and oxygen atoms in total. The third kappa shape index (κ3) is 8.44. The van der Waals surface area contributed by atoms with E-state index in [0.29, 0.717) is 21.8 Å². The Bertz CT molecular complexity index is 1450. The molecule has 0 aliphatic rings. The van der Waals surface area contributed by atoms with Gasteiger partial charge in [0.05, 0.1) is 18.9 Å². The molecule has 0 saturated carbocycles. The number of ether oxygens (including phenoxy) is 1. The minimum atomic E-state index is -5.30. The zero-order chi connectivity index (χ0) is 30.4. The largest absolute Gasteiger partial charge is 0.498 e. The van der Waals surface area contributed by atoms with E-state index in [1.54, 1.807) is 26.0 Å². The van der Waals surface area contributed by atoms with Crippen molar-refractivity contribution >= 4 is 41.2 Å². The van der Waals surface area contributed by atoms with E-state index in [1.807, 2.05) is 0 Å². The fourth-order valence-electron chi connectivity index (χ4n) is 3.26. The molecule has 3 aromatic rings. The van der Waals surface area contributed by atoms with E-state index in [2.05, 4.69) is 20.5 Å². The molecule has 0 fully saturated rings.